The number of nitro benzene ring substituents is 1. The monoisotopic (exact) mass is 380 g/mol. The van der Waals surface area contributed by atoms with Gasteiger partial charge in [0.25, 0.3) is 5.69 Å². The summed E-state index contributed by atoms with van der Waals surface area (Å²) in [6.07, 6.45) is 3.63. The van der Waals surface area contributed by atoms with Gasteiger partial charge in [0.2, 0.25) is 10.0 Å². The molecular weight excluding hydrogens is 360 g/mol. The van der Waals surface area contributed by atoms with Gasteiger partial charge >= 0.3 is 0 Å². The Balaban J connectivity index is 2.00. The van der Waals surface area contributed by atoms with Gasteiger partial charge in [-0.1, -0.05) is 12.8 Å². The summed E-state index contributed by atoms with van der Waals surface area (Å²) in [4.78, 5) is 11.5. The first-order valence-corrected chi connectivity index (χ1v) is 10.5. The molecule has 1 saturated heterocycles. The van der Waals surface area contributed by atoms with Crippen LogP contribution in [0.3, 0.4) is 0 Å². The lowest BCUT2D eigenvalue weighted by Gasteiger charge is -2.29. The van der Waals surface area contributed by atoms with Crippen LogP contribution in [-0.4, -0.2) is 24.2 Å². The average Bonchev–Trinajstić information content (AvgIpc) is 2.86. The predicted octanol–water partition coefficient (Wildman–Crippen LogP) is 4.27. The van der Waals surface area contributed by atoms with Crippen LogP contribution >= 0.6 is 11.3 Å². The number of nitrogens with zero attached hydrogens (tertiary/aromatic N) is 2. The average molecular weight is 380 g/mol. The molecule has 0 saturated carbocycles. The molecule has 2 aromatic rings. The van der Waals surface area contributed by atoms with Crippen LogP contribution < -0.4 is 0 Å². The van der Waals surface area contributed by atoms with Gasteiger partial charge in [-0.2, -0.15) is 4.31 Å². The maximum absolute atomic E-state index is 13.2. The molecule has 8 heteroatoms. The fraction of sp³-hybridized carbons (Fsp3) is 0.412. The number of aryl methyl sites for hydroxylation is 1. The number of rotatable bonds is 4. The van der Waals surface area contributed by atoms with Crippen molar-refractivity contribution in [1.29, 1.82) is 0 Å². The molecule has 1 aromatic carbocycles. The van der Waals surface area contributed by atoms with Crippen molar-refractivity contribution < 1.29 is 13.3 Å². The Morgan fingerprint density at radius 2 is 1.88 bits per heavy atom. The second-order valence-corrected chi connectivity index (χ2v) is 9.04. The fourth-order valence-corrected chi connectivity index (χ4v) is 6.04. The Morgan fingerprint density at radius 1 is 1.16 bits per heavy atom. The zero-order valence-corrected chi connectivity index (χ0v) is 15.6. The van der Waals surface area contributed by atoms with Crippen LogP contribution in [0.5, 0.6) is 0 Å². The standard InChI is InChI=1S/C17H20N2O4S2/c1-13-10-12-24-17(13)16-5-3-2-4-11-18(16)25(22,23)15-8-6-14(7-9-15)19(20)21/h6-10,12,16H,2-5,11H2,1H3. The van der Waals surface area contributed by atoms with E-state index < -0.39 is 14.9 Å². The Kier molecular flexibility index (Phi) is 5.21. The molecule has 0 amide bonds. The van der Waals surface area contributed by atoms with E-state index in [1.54, 1.807) is 15.6 Å². The van der Waals surface area contributed by atoms with Crippen LogP contribution in [-0.2, 0) is 10.0 Å². The molecule has 1 atom stereocenters. The summed E-state index contributed by atoms with van der Waals surface area (Å²) >= 11 is 1.59. The first-order valence-electron chi connectivity index (χ1n) is 8.21. The molecule has 1 fully saturated rings. The summed E-state index contributed by atoms with van der Waals surface area (Å²) in [5.41, 5.74) is 1.00. The number of hydrogen-bond donors (Lipinski definition) is 0. The summed E-state index contributed by atoms with van der Waals surface area (Å²) in [5.74, 6) is 0. The van der Waals surface area contributed by atoms with Crippen LogP contribution in [0.25, 0.3) is 0 Å². The zero-order valence-electron chi connectivity index (χ0n) is 13.9. The minimum atomic E-state index is -3.70. The van der Waals surface area contributed by atoms with Crippen LogP contribution in [0, 0.1) is 17.0 Å². The van der Waals surface area contributed by atoms with E-state index in [4.69, 9.17) is 0 Å². The largest absolute Gasteiger partial charge is 0.269 e. The first-order chi connectivity index (χ1) is 11.9. The molecular formula is C17H20N2O4S2. The Labute approximate surface area is 151 Å². The third kappa shape index (κ3) is 3.61. The lowest BCUT2D eigenvalue weighted by atomic mass is 10.1. The molecule has 25 heavy (non-hydrogen) atoms. The van der Waals surface area contributed by atoms with Gasteiger partial charge in [-0.15, -0.1) is 11.3 Å². The highest BCUT2D eigenvalue weighted by atomic mass is 32.2. The van der Waals surface area contributed by atoms with Gasteiger partial charge in [0.1, 0.15) is 0 Å². The van der Waals surface area contributed by atoms with Crippen molar-refractivity contribution in [2.45, 2.75) is 43.5 Å². The lowest BCUT2D eigenvalue weighted by molar-refractivity contribution is -0.384. The predicted molar refractivity (Wildman–Crippen MR) is 97.3 cm³/mol. The number of nitro groups is 1. The van der Waals surface area contributed by atoms with E-state index in [0.29, 0.717) is 6.54 Å². The Morgan fingerprint density at radius 3 is 2.48 bits per heavy atom. The molecule has 1 unspecified atom stereocenters. The molecule has 0 bridgehead atoms. The summed E-state index contributed by atoms with van der Waals surface area (Å²) in [5, 5.41) is 12.8. The SMILES string of the molecule is Cc1ccsc1C1CCCCCN1S(=O)(=O)c1ccc([N+](=O)[O-])cc1. The first kappa shape index (κ1) is 18.0. The smallest absolute Gasteiger partial charge is 0.258 e. The number of hydrogen-bond acceptors (Lipinski definition) is 5. The van der Waals surface area contributed by atoms with Gasteiger partial charge in [-0.25, -0.2) is 8.42 Å². The molecule has 134 valence electrons. The minimum absolute atomic E-state index is 0.110. The summed E-state index contributed by atoms with van der Waals surface area (Å²) < 4.78 is 28.0. The van der Waals surface area contributed by atoms with Crippen LogP contribution in [0.1, 0.15) is 42.2 Å². The molecule has 0 aliphatic carbocycles. The normalized spacial score (nSPS) is 19.5. The van der Waals surface area contributed by atoms with E-state index >= 15 is 0 Å². The zero-order chi connectivity index (χ0) is 18.0. The third-order valence-corrected chi connectivity index (χ3v) is 7.60. The summed E-state index contributed by atoms with van der Waals surface area (Å²) in [6.45, 7) is 2.48. The Hall–Kier alpha value is -1.77. The van der Waals surface area contributed by atoms with E-state index in [-0.39, 0.29) is 16.6 Å². The van der Waals surface area contributed by atoms with Crippen molar-refractivity contribution in [3.05, 3.63) is 56.3 Å². The van der Waals surface area contributed by atoms with Crippen molar-refractivity contribution >= 4 is 27.0 Å². The Bertz CT molecular complexity index is 859. The second-order valence-electron chi connectivity index (χ2n) is 6.20. The van der Waals surface area contributed by atoms with E-state index in [1.165, 1.54) is 24.3 Å². The van der Waals surface area contributed by atoms with Crippen LogP contribution in [0.4, 0.5) is 5.69 Å². The highest BCUT2D eigenvalue weighted by Crippen LogP contribution is 2.38. The molecule has 1 aromatic heterocycles. The molecule has 3 rings (SSSR count). The van der Waals surface area contributed by atoms with Gasteiger partial charge in [0.15, 0.2) is 0 Å². The maximum Gasteiger partial charge on any atom is 0.269 e. The lowest BCUT2D eigenvalue weighted by Crippen LogP contribution is -2.34. The van der Waals surface area contributed by atoms with E-state index in [9.17, 15) is 18.5 Å². The van der Waals surface area contributed by atoms with E-state index in [1.807, 2.05) is 18.4 Å². The van der Waals surface area contributed by atoms with Crippen LogP contribution in [0.15, 0.2) is 40.6 Å². The maximum atomic E-state index is 13.2. The van der Waals surface area contributed by atoms with Gasteiger partial charge in [-0.3, -0.25) is 10.1 Å². The highest BCUT2D eigenvalue weighted by molar-refractivity contribution is 7.89. The topological polar surface area (TPSA) is 80.5 Å². The van der Waals surface area contributed by atoms with Crippen molar-refractivity contribution in [3.63, 3.8) is 0 Å². The molecule has 0 N–H and O–H groups in total. The number of thiophene rings is 1. The number of non-ortho nitro benzene ring substituents is 1. The van der Waals surface area contributed by atoms with Crippen LogP contribution in [0.2, 0.25) is 0 Å². The second kappa shape index (κ2) is 7.23. The van der Waals surface area contributed by atoms with Gasteiger partial charge < -0.3 is 0 Å². The molecule has 6 nitrogen and oxygen atoms in total. The quantitative estimate of drug-likeness (QED) is 0.586. The summed E-state index contributed by atoms with van der Waals surface area (Å²) in [7, 11) is -3.70. The fourth-order valence-electron chi connectivity index (χ4n) is 3.23. The van der Waals surface area contributed by atoms with Gasteiger partial charge in [-0.05, 0) is 48.9 Å². The molecule has 0 spiro atoms. The molecule has 0 radical (unpaired) electrons. The van der Waals surface area contributed by atoms with E-state index in [0.717, 1.165) is 36.1 Å². The van der Waals surface area contributed by atoms with Crippen molar-refractivity contribution in [1.82, 2.24) is 4.31 Å². The van der Waals surface area contributed by atoms with E-state index in [2.05, 4.69) is 0 Å². The number of sulfonamides is 1. The van der Waals surface area contributed by atoms with Crippen molar-refractivity contribution in [2.24, 2.45) is 0 Å². The molecule has 1 aliphatic heterocycles. The highest BCUT2D eigenvalue weighted by Gasteiger charge is 2.34. The molecule has 2 heterocycles. The number of benzene rings is 1. The summed E-state index contributed by atoms with van der Waals surface area (Å²) in [6, 6.07) is 7.00. The minimum Gasteiger partial charge on any atom is -0.258 e. The molecule has 1 aliphatic rings. The van der Waals surface area contributed by atoms with Crippen molar-refractivity contribution in [3.8, 4) is 0 Å². The third-order valence-electron chi connectivity index (χ3n) is 4.56. The van der Waals surface area contributed by atoms with Gasteiger partial charge in [0, 0.05) is 23.6 Å². The van der Waals surface area contributed by atoms with Crippen molar-refractivity contribution in [2.75, 3.05) is 6.54 Å². The van der Waals surface area contributed by atoms with Gasteiger partial charge in [0.05, 0.1) is 15.9 Å².